The van der Waals surface area contributed by atoms with Crippen molar-refractivity contribution in [1.82, 2.24) is 9.97 Å². The summed E-state index contributed by atoms with van der Waals surface area (Å²) in [6.07, 6.45) is 5.40. The van der Waals surface area contributed by atoms with E-state index in [2.05, 4.69) is 9.97 Å². The standard InChI is InChI=1S/C21H25F5N4O2S2/c22-34(23,24,25,26)17-4-2-15(3-5-17)16-6-10-29(11-7-16)20-27-12-18-19(28-20)30(14-33(18)32)21(13-31)8-1-9-21/h2-5,12,16,31H,1,6-11,13-14H2/t33-/m1/s1. The summed E-state index contributed by atoms with van der Waals surface area (Å²) >= 11 is 0. The number of aliphatic hydroxyl groups is 1. The van der Waals surface area contributed by atoms with Crippen LogP contribution in [0.5, 0.6) is 0 Å². The van der Waals surface area contributed by atoms with E-state index in [4.69, 9.17) is 0 Å². The monoisotopic (exact) mass is 524 g/mol. The van der Waals surface area contributed by atoms with Crippen LogP contribution in [-0.2, 0) is 10.8 Å². The van der Waals surface area contributed by atoms with Gasteiger partial charge in [0.15, 0.2) is 5.82 Å². The van der Waals surface area contributed by atoms with Crippen molar-refractivity contribution < 1.29 is 28.7 Å². The van der Waals surface area contributed by atoms with E-state index in [9.17, 15) is 28.7 Å². The Morgan fingerprint density at radius 3 is 2.26 bits per heavy atom. The molecule has 1 N–H and O–H groups in total. The number of hydrogen-bond acceptors (Lipinski definition) is 6. The van der Waals surface area contributed by atoms with E-state index in [1.165, 1.54) is 0 Å². The summed E-state index contributed by atoms with van der Waals surface area (Å²) in [5.41, 5.74) is 0.164. The maximum atomic E-state index is 13.0. The van der Waals surface area contributed by atoms with Gasteiger partial charge in [0.1, 0.15) is 15.7 Å². The zero-order chi connectivity index (χ0) is 24.4. The van der Waals surface area contributed by atoms with Crippen molar-refractivity contribution in [3.8, 4) is 0 Å². The number of benzene rings is 1. The van der Waals surface area contributed by atoms with Gasteiger partial charge >= 0.3 is 10.2 Å². The lowest BCUT2D eigenvalue weighted by atomic mass is 9.76. The predicted octanol–water partition coefficient (Wildman–Crippen LogP) is 5.32. The van der Waals surface area contributed by atoms with Crippen LogP contribution in [0.3, 0.4) is 0 Å². The molecule has 13 heteroatoms. The summed E-state index contributed by atoms with van der Waals surface area (Å²) in [5, 5.41) is 9.96. The normalized spacial score (nSPS) is 24.8. The maximum Gasteiger partial charge on any atom is 0.310 e. The molecule has 0 unspecified atom stereocenters. The second-order valence-electron chi connectivity index (χ2n) is 9.30. The van der Waals surface area contributed by atoms with Gasteiger partial charge in [-0.3, -0.25) is 4.21 Å². The molecule has 2 aromatic rings. The lowest BCUT2D eigenvalue weighted by Crippen LogP contribution is -2.56. The van der Waals surface area contributed by atoms with Crippen LogP contribution in [0.1, 0.15) is 43.6 Å². The molecule has 3 aliphatic rings. The number of aromatic nitrogens is 2. The Morgan fingerprint density at radius 2 is 1.74 bits per heavy atom. The molecule has 3 heterocycles. The summed E-state index contributed by atoms with van der Waals surface area (Å²) in [5.74, 6) is 1.29. The molecular formula is C21H25F5N4O2S2. The first-order valence-corrected chi connectivity index (χ1v) is 14.3. The van der Waals surface area contributed by atoms with Crippen molar-refractivity contribution in [2.24, 2.45) is 0 Å². The lowest BCUT2D eigenvalue weighted by Gasteiger charge is -2.47. The second-order valence-corrected chi connectivity index (χ2v) is 13.1. The Kier molecular flexibility index (Phi) is 5.07. The van der Waals surface area contributed by atoms with Crippen LogP contribution in [0.25, 0.3) is 0 Å². The Balaban J connectivity index is 1.30. The number of aliphatic hydroxyl groups excluding tert-OH is 1. The van der Waals surface area contributed by atoms with Crippen LogP contribution in [0.4, 0.5) is 31.2 Å². The van der Waals surface area contributed by atoms with Gasteiger partial charge in [0.25, 0.3) is 0 Å². The largest absolute Gasteiger partial charge is 0.394 e. The quantitative estimate of drug-likeness (QED) is 0.534. The summed E-state index contributed by atoms with van der Waals surface area (Å²) in [7, 11) is -10.9. The minimum Gasteiger partial charge on any atom is -0.394 e. The third-order valence-corrected chi connectivity index (χ3v) is 9.63. The van der Waals surface area contributed by atoms with E-state index in [-0.39, 0.29) is 18.4 Å². The number of rotatable bonds is 5. The van der Waals surface area contributed by atoms with Crippen molar-refractivity contribution in [3.63, 3.8) is 0 Å². The predicted molar refractivity (Wildman–Crippen MR) is 121 cm³/mol. The van der Waals surface area contributed by atoms with E-state index in [1.54, 1.807) is 6.20 Å². The van der Waals surface area contributed by atoms with E-state index < -0.39 is 31.5 Å². The third kappa shape index (κ3) is 4.15. The molecule has 0 bridgehead atoms. The molecule has 5 rings (SSSR count). The molecule has 0 spiro atoms. The summed E-state index contributed by atoms with van der Waals surface area (Å²) in [6.45, 7) is 1.05. The van der Waals surface area contributed by atoms with Crippen LogP contribution in [0.2, 0.25) is 0 Å². The van der Waals surface area contributed by atoms with Gasteiger partial charge in [0, 0.05) is 13.1 Å². The average molecular weight is 525 g/mol. The molecule has 2 fully saturated rings. The van der Waals surface area contributed by atoms with Crippen molar-refractivity contribution >= 4 is 32.8 Å². The van der Waals surface area contributed by atoms with Gasteiger partial charge in [-0.1, -0.05) is 31.6 Å². The minimum absolute atomic E-state index is 0.0326. The highest BCUT2D eigenvalue weighted by molar-refractivity contribution is 8.45. The van der Waals surface area contributed by atoms with Gasteiger partial charge in [-0.15, -0.1) is 0 Å². The molecule has 188 valence electrons. The Morgan fingerprint density at radius 1 is 1.09 bits per heavy atom. The van der Waals surface area contributed by atoms with Crippen molar-refractivity contribution in [2.75, 3.05) is 35.4 Å². The number of piperidine rings is 1. The number of hydrogen-bond donors (Lipinski definition) is 1. The molecule has 1 saturated heterocycles. The van der Waals surface area contributed by atoms with E-state index >= 15 is 0 Å². The van der Waals surface area contributed by atoms with Crippen LogP contribution in [0.15, 0.2) is 40.3 Å². The molecule has 1 aromatic heterocycles. The fourth-order valence-corrected chi connectivity index (χ4v) is 6.93. The van der Waals surface area contributed by atoms with Gasteiger partial charge < -0.3 is 14.9 Å². The van der Waals surface area contributed by atoms with Gasteiger partial charge in [-0.05, 0) is 55.7 Å². The SMILES string of the molecule is O=[S@@]1CN(C2(CO)CCC2)c2nc(N3CCC(c4ccc(S(F)(F)(F)(F)F)cc4)CC3)ncc21. The highest BCUT2D eigenvalue weighted by atomic mass is 32.5. The fraction of sp³-hybridized carbons (Fsp3) is 0.524. The molecule has 1 atom stereocenters. The van der Waals surface area contributed by atoms with Gasteiger partial charge in [-0.2, -0.15) is 4.98 Å². The average Bonchev–Trinajstić information content (AvgIpc) is 3.08. The van der Waals surface area contributed by atoms with E-state index in [1.807, 2.05) is 9.80 Å². The van der Waals surface area contributed by atoms with Crippen LogP contribution < -0.4 is 9.80 Å². The Bertz CT molecular complexity index is 1130. The molecule has 1 saturated carbocycles. The molecule has 1 aromatic carbocycles. The van der Waals surface area contributed by atoms with E-state index in [0.717, 1.165) is 31.4 Å². The van der Waals surface area contributed by atoms with Gasteiger partial charge in [0.05, 0.1) is 29.1 Å². The zero-order valence-electron chi connectivity index (χ0n) is 18.2. The summed E-state index contributed by atoms with van der Waals surface area (Å²) in [6, 6.07) is 3.22. The molecule has 34 heavy (non-hydrogen) atoms. The maximum absolute atomic E-state index is 13.0. The molecular weight excluding hydrogens is 499 g/mol. The van der Waals surface area contributed by atoms with E-state index in [0.29, 0.717) is 60.3 Å². The molecule has 6 nitrogen and oxygen atoms in total. The molecule has 1 aliphatic carbocycles. The number of nitrogens with zero attached hydrogens (tertiary/aromatic N) is 4. The first-order chi connectivity index (χ1) is 15.8. The Hall–Kier alpha value is -1.99. The minimum atomic E-state index is -9.67. The Labute approximate surface area is 196 Å². The van der Waals surface area contributed by atoms with Crippen LogP contribution >= 0.6 is 10.2 Å². The summed E-state index contributed by atoms with van der Waals surface area (Å²) < 4.78 is 77.4. The zero-order valence-corrected chi connectivity index (χ0v) is 19.8. The van der Waals surface area contributed by atoms with Gasteiger partial charge in [-0.25, -0.2) is 4.98 Å². The second kappa shape index (κ2) is 7.26. The number of halogens is 5. The van der Waals surface area contributed by atoms with Crippen LogP contribution in [-0.4, -0.2) is 50.4 Å². The molecule has 2 aliphatic heterocycles. The third-order valence-electron chi connectivity index (χ3n) is 7.20. The smallest absolute Gasteiger partial charge is 0.310 e. The number of fused-ring (bicyclic) bond motifs is 1. The molecule has 0 amide bonds. The van der Waals surface area contributed by atoms with Crippen LogP contribution in [0, 0.1) is 0 Å². The van der Waals surface area contributed by atoms with Crippen molar-refractivity contribution in [3.05, 3.63) is 36.0 Å². The van der Waals surface area contributed by atoms with Crippen molar-refractivity contribution in [2.45, 2.75) is 53.4 Å². The first-order valence-electron chi connectivity index (χ1n) is 11.0. The highest BCUT2D eigenvalue weighted by Crippen LogP contribution is 3.02. The fourth-order valence-electron chi connectivity index (χ4n) is 4.98. The highest BCUT2D eigenvalue weighted by Gasteiger charge is 2.65. The lowest BCUT2D eigenvalue weighted by molar-refractivity contribution is 0.119. The first kappa shape index (κ1) is 23.7. The number of anilines is 2. The summed E-state index contributed by atoms with van der Waals surface area (Å²) in [4.78, 5) is 11.7. The van der Waals surface area contributed by atoms with Gasteiger partial charge in [0.2, 0.25) is 5.95 Å². The topological polar surface area (TPSA) is 69.6 Å². The molecule has 0 radical (unpaired) electrons. The van der Waals surface area contributed by atoms with Crippen molar-refractivity contribution in [1.29, 1.82) is 0 Å².